The largest absolute Gasteiger partial charge is 0.362 e. The van der Waals surface area contributed by atoms with Crippen molar-refractivity contribution in [2.24, 2.45) is 0 Å². The zero-order chi connectivity index (χ0) is 13.9. The average Bonchev–Trinajstić information content (AvgIpc) is 2.43. The van der Waals surface area contributed by atoms with Crippen LogP contribution in [0.1, 0.15) is 12.5 Å². The van der Waals surface area contributed by atoms with Crippen LogP contribution < -0.4 is 5.32 Å². The lowest BCUT2D eigenvalue weighted by Gasteiger charge is -2.24. The highest BCUT2D eigenvalue weighted by Crippen LogP contribution is 2.26. The molecule has 1 atom stereocenters. The molecular weight excluding hydrogens is 248 g/mol. The number of hydrogen-bond donors (Lipinski definition) is 1. The minimum atomic E-state index is -1.15. The van der Waals surface area contributed by atoms with Crippen LogP contribution in [0.15, 0.2) is 42.7 Å². The Balaban J connectivity index is 2.37. The molecule has 1 unspecified atom stereocenters. The molecule has 2 rings (SSSR count). The summed E-state index contributed by atoms with van der Waals surface area (Å²) in [4.78, 5) is 3.93. The maximum Gasteiger partial charge on any atom is 0.149 e. The molecular formula is C14H11F2N3. The molecule has 0 aliphatic heterocycles. The summed E-state index contributed by atoms with van der Waals surface area (Å²) < 4.78 is 26.4. The highest BCUT2D eigenvalue weighted by Gasteiger charge is 2.27. The first kappa shape index (κ1) is 13.0. The zero-order valence-corrected chi connectivity index (χ0v) is 10.2. The quantitative estimate of drug-likeness (QED) is 0.920. The van der Waals surface area contributed by atoms with Gasteiger partial charge in [-0.25, -0.2) is 8.78 Å². The van der Waals surface area contributed by atoms with E-state index in [4.69, 9.17) is 0 Å². The molecule has 1 heterocycles. The molecule has 0 saturated carbocycles. The van der Waals surface area contributed by atoms with Crippen molar-refractivity contribution in [3.63, 3.8) is 0 Å². The van der Waals surface area contributed by atoms with Crippen molar-refractivity contribution in [1.82, 2.24) is 4.98 Å². The lowest BCUT2D eigenvalue weighted by molar-refractivity contribution is 0.579. The average molecular weight is 259 g/mol. The van der Waals surface area contributed by atoms with Crippen molar-refractivity contribution in [3.8, 4) is 6.07 Å². The van der Waals surface area contributed by atoms with Gasteiger partial charge in [0, 0.05) is 24.0 Å². The Labute approximate surface area is 109 Å². The van der Waals surface area contributed by atoms with E-state index in [0.717, 1.165) is 12.1 Å². The Morgan fingerprint density at radius 1 is 1.32 bits per heavy atom. The number of nitrogens with zero attached hydrogens (tertiary/aromatic N) is 2. The second-order valence-electron chi connectivity index (χ2n) is 4.23. The van der Waals surface area contributed by atoms with E-state index in [9.17, 15) is 14.0 Å². The number of halogens is 2. The molecule has 0 aliphatic rings. The number of nitrogens with one attached hydrogen (secondary N) is 1. The molecule has 0 spiro atoms. The van der Waals surface area contributed by atoms with Gasteiger partial charge in [-0.1, -0.05) is 6.07 Å². The smallest absolute Gasteiger partial charge is 0.149 e. The molecule has 0 radical (unpaired) electrons. The molecule has 0 fully saturated rings. The van der Waals surface area contributed by atoms with Gasteiger partial charge in [0.05, 0.1) is 11.8 Å². The van der Waals surface area contributed by atoms with Crippen molar-refractivity contribution in [1.29, 1.82) is 5.26 Å². The Hall–Kier alpha value is -2.48. The fraction of sp³-hybridized carbons (Fsp3) is 0.143. The van der Waals surface area contributed by atoms with Crippen molar-refractivity contribution < 1.29 is 8.78 Å². The maximum absolute atomic E-state index is 13.6. The van der Waals surface area contributed by atoms with E-state index >= 15 is 0 Å². The third-order valence-electron chi connectivity index (χ3n) is 2.78. The summed E-state index contributed by atoms with van der Waals surface area (Å²) in [6.45, 7) is 1.60. The summed E-state index contributed by atoms with van der Waals surface area (Å²) in [7, 11) is 0. The van der Waals surface area contributed by atoms with E-state index in [1.165, 1.54) is 12.3 Å². The molecule has 0 aliphatic carbocycles. The van der Waals surface area contributed by atoms with Crippen LogP contribution in [0.2, 0.25) is 0 Å². The number of benzene rings is 1. The first-order valence-electron chi connectivity index (χ1n) is 5.60. The van der Waals surface area contributed by atoms with Gasteiger partial charge in [0.15, 0.2) is 0 Å². The normalized spacial score (nSPS) is 13.4. The summed E-state index contributed by atoms with van der Waals surface area (Å²) in [6, 6.07) is 8.63. The van der Waals surface area contributed by atoms with Crippen molar-refractivity contribution in [2.45, 2.75) is 12.5 Å². The molecule has 0 amide bonds. The monoisotopic (exact) mass is 259 g/mol. The number of pyridine rings is 1. The Morgan fingerprint density at radius 2 is 2.11 bits per heavy atom. The SMILES string of the molecule is CC(C#N)(Nc1ccc(F)cc1F)c1cccnc1. The first-order chi connectivity index (χ1) is 9.05. The van der Waals surface area contributed by atoms with Crippen LogP contribution >= 0.6 is 0 Å². The second kappa shape index (κ2) is 5.02. The fourth-order valence-electron chi connectivity index (χ4n) is 1.68. The van der Waals surface area contributed by atoms with E-state index in [-0.39, 0.29) is 5.69 Å². The molecule has 0 bridgehead atoms. The van der Waals surface area contributed by atoms with Crippen molar-refractivity contribution in [2.75, 3.05) is 5.32 Å². The number of nitriles is 1. The zero-order valence-electron chi connectivity index (χ0n) is 10.2. The van der Waals surface area contributed by atoms with Crippen LogP contribution in [0.4, 0.5) is 14.5 Å². The molecule has 0 saturated heterocycles. The van der Waals surface area contributed by atoms with Gasteiger partial charge in [0.2, 0.25) is 0 Å². The van der Waals surface area contributed by atoms with E-state index in [1.807, 2.05) is 0 Å². The molecule has 1 aromatic heterocycles. The predicted octanol–water partition coefficient (Wildman–Crippen LogP) is 3.21. The van der Waals surface area contributed by atoms with E-state index < -0.39 is 17.2 Å². The van der Waals surface area contributed by atoms with Crippen LogP contribution in [0, 0.1) is 23.0 Å². The van der Waals surface area contributed by atoms with Gasteiger partial charge >= 0.3 is 0 Å². The minimum Gasteiger partial charge on any atom is -0.362 e. The van der Waals surface area contributed by atoms with Crippen LogP contribution in [0.25, 0.3) is 0 Å². The highest BCUT2D eigenvalue weighted by atomic mass is 19.1. The maximum atomic E-state index is 13.6. The minimum absolute atomic E-state index is 0.0642. The molecule has 5 heteroatoms. The van der Waals surface area contributed by atoms with Gasteiger partial charge in [-0.3, -0.25) is 4.98 Å². The van der Waals surface area contributed by atoms with Crippen LogP contribution in [-0.4, -0.2) is 4.98 Å². The van der Waals surface area contributed by atoms with E-state index in [0.29, 0.717) is 5.56 Å². The van der Waals surface area contributed by atoms with Gasteiger partial charge in [0.25, 0.3) is 0 Å². The Bertz CT molecular complexity index is 622. The second-order valence-corrected chi connectivity index (χ2v) is 4.23. The topological polar surface area (TPSA) is 48.7 Å². The molecule has 19 heavy (non-hydrogen) atoms. The van der Waals surface area contributed by atoms with Gasteiger partial charge in [-0.2, -0.15) is 5.26 Å². The van der Waals surface area contributed by atoms with Crippen LogP contribution in [0.3, 0.4) is 0 Å². The number of anilines is 1. The highest BCUT2D eigenvalue weighted by molar-refractivity contribution is 5.51. The van der Waals surface area contributed by atoms with Gasteiger partial charge < -0.3 is 5.32 Å². The first-order valence-corrected chi connectivity index (χ1v) is 5.60. The summed E-state index contributed by atoms with van der Waals surface area (Å²) in [5.74, 6) is -1.41. The third kappa shape index (κ3) is 2.68. The standard InChI is InChI=1S/C14H11F2N3/c1-14(9-17,10-3-2-6-18-8-10)19-13-5-4-11(15)7-12(13)16/h2-8,19H,1H3. The number of hydrogen-bond acceptors (Lipinski definition) is 3. The van der Waals surface area contributed by atoms with Gasteiger partial charge in [-0.15, -0.1) is 0 Å². The summed E-state index contributed by atoms with van der Waals surface area (Å²) in [5, 5.41) is 12.1. The molecule has 2 aromatic rings. The third-order valence-corrected chi connectivity index (χ3v) is 2.78. The molecule has 1 N–H and O–H groups in total. The summed E-state index contributed by atoms with van der Waals surface area (Å²) in [5.41, 5.74) is -0.483. The molecule has 1 aromatic carbocycles. The van der Waals surface area contributed by atoms with Gasteiger partial charge in [-0.05, 0) is 25.1 Å². The summed E-state index contributed by atoms with van der Waals surface area (Å²) >= 11 is 0. The lowest BCUT2D eigenvalue weighted by atomic mass is 9.95. The van der Waals surface area contributed by atoms with Crippen LogP contribution in [0.5, 0.6) is 0 Å². The van der Waals surface area contributed by atoms with E-state index in [1.54, 1.807) is 25.3 Å². The van der Waals surface area contributed by atoms with Gasteiger partial charge in [0.1, 0.15) is 17.2 Å². The predicted molar refractivity (Wildman–Crippen MR) is 67.2 cm³/mol. The number of rotatable bonds is 3. The van der Waals surface area contributed by atoms with Crippen molar-refractivity contribution >= 4 is 5.69 Å². The molecule has 3 nitrogen and oxygen atoms in total. The summed E-state index contributed by atoms with van der Waals surface area (Å²) in [6.07, 6.45) is 3.11. The molecule has 96 valence electrons. The number of aromatic nitrogens is 1. The van der Waals surface area contributed by atoms with Crippen molar-refractivity contribution in [3.05, 3.63) is 59.9 Å². The lowest BCUT2D eigenvalue weighted by Crippen LogP contribution is -2.30. The Morgan fingerprint density at radius 3 is 2.68 bits per heavy atom. The fourth-order valence-corrected chi connectivity index (χ4v) is 1.68. The Kier molecular flexibility index (Phi) is 3.43. The van der Waals surface area contributed by atoms with Crippen LogP contribution in [-0.2, 0) is 5.54 Å². The van der Waals surface area contributed by atoms with E-state index in [2.05, 4.69) is 16.4 Å².